The number of hydrogen-bond donors (Lipinski definition) is 1. The Balaban J connectivity index is 1.96. The van der Waals surface area contributed by atoms with Gasteiger partial charge in [0.25, 0.3) is 0 Å². The van der Waals surface area contributed by atoms with Crippen molar-refractivity contribution in [2.75, 3.05) is 20.3 Å². The van der Waals surface area contributed by atoms with E-state index in [0.29, 0.717) is 12.5 Å². The van der Waals surface area contributed by atoms with E-state index in [1.165, 1.54) is 0 Å². The molecule has 0 aromatic carbocycles. The van der Waals surface area contributed by atoms with Crippen LogP contribution in [0, 0.1) is 5.92 Å². The monoisotopic (exact) mass is 197 g/mol. The molecule has 14 heavy (non-hydrogen) atoms. The molecule has 1 N–H and O–H groups in total. The van der Waals surface area contributed by atoms with E-state index in [0.717, 1.165) is 32.0 Å². The molecule has 1 aromatic rings. The molecule has 1 fully saturated rings. The summed E-state index contributed by atoms with van der Waals surface area (Å²) in [4.78, 5) is 0. The van der Waals surface area contributed by atoms with Crippen LogP contribution in [0.2, 0.25) is 0 Å². The van der Waals surface area contributed by atoms with Gasteiger partial charge in [0.2, 0.25) is 0 Å². The molecule has 1 atom stereocenters. The minimum absolute atomic E-state index is 0.564. The first-order chi connectivity index (χ1) is 6.90. The fourth-order valence-electron chi connectivity index (χ4n) is 1.62. The van der Waals surface area contributed by atoms with Crippen molar-refractivity contribution in [2.45, 2.75) is 19.5 Å². The van der Waals surface area contributed by atoms with E-state index in [1.54, 1.807) is 0 Å². The molecular weight excluding hydrogens is 182 g/mol. The molecule has 0 saturated carbocycles. The summed E-state index contributed by atoms with van der Waals surface area (Å²) in [6.45, 7) is 3.28. The normalized spacial score (nSPS) is 21.6. The molecule has 1 aliphatic rings. The number of hydrogen-bond acceptors (Lipinski definition) is 5. The van der Waals surface area contributed by atoms with Crippen LogP contribution in [0.5, 0.6) is 0 Å². The van der Waals surface area contributed by atoms with Crippen molar-refractivity contribution in [3.05, 3.63) is 5.82 Å². The lowest BCUT2D eigenvalue weighted by atomic mass is 10.1. The highest BCUT2D eigenvalue weighted by Gasteiger charge is 2.18. The second-order valence-electron chi connectivity index (χ2n) is 3.54. The number of tetrazole rings is 1. The maximum atomic E-state index is 5.31. The van der Waals surface area contributed by atoms with Gasteiger partial charge >= 0.3 is 0 Å². The maximum absolute atomic E-state index is 5.31. The highest BCUT2D eigenvalue weighted by atomic mass is 16.5. The van der Waals surface area contributed by atoms with Crippen molar-refractivity contribution in [3.63, 3.8) is 0 Å². The number of aromatic nitrogens is 4. The molecular formula is C8H15N5O. The Kier molecular flexibility index (Phi) is 3.05. The molecule has 1 saturated heterocycles. The summed E-state index contributed by atoms with van der Waals surface area (Å²) in [5, 5.41) is 14.6. The highest BCUT2D eigenvalue weighted by molar-refractivity contribution is 4.80. The minimum Gasteiger partial charge on any atom is -0.381 e. The third-order valence-corrected chi connectivity index (χ3v) is 2.40. The van der Waals surface area contributed by atoms with Crippen molar-refractivity contribution in [2.24, 2.45) is 5.92 Å². The first-order valence-electron chi connectivity index (χ1n) is 4.87. The Morgan fingerprint density at radius 2 is 2.57 bits per heavy atom. The van der Waals surface area contributed by atoms with Gasteiger partial charge < -0.3 is 10.1 Å². The third-order valence-electron chi connectivity index (χ3n) is 2.40. The second kappa shape index (κ2) is 4.47. The van der Waals surface area contributed by atoms with Gasteiger partial charge in [-0.25, -0.2) is 4.68 Å². The lowest BCUT2D eigenvalue weighted by molar-refractivity contribution is 0.181. The van der Waals surface area contributed by atoms with E-state index in [2.05, 4.69) is 20.8 Å². The van der Waals surface area contributed by atoms with Crippen LogP contribution in [0.3, 0.4) is 0 Å². The molecule has 0 amide bonds. The van der Waals surface area contributed by atoms with Crippen LogP contribution < -0.4 is 5.32 Å². The molecule has 0 bridgehead atoms. The smallest absolute Gasteiger partial charge is 0.165 e. The average Bonchev–Trinajstić information content (AvgIpc) is 2.80. The van der Waals surface area contributed by atoms with Gasteiger partial charge in [0.1, 0.15) is 0 Å². The highest BCUT2D eigenvalue weighted by Crippen LogP contribution is 2.14. The predicted molar refractivity (Wildman–Crippen MR) is 49.5 cm³/mol. The molecule has 6 nitrogen and oxygen atoms in total. The van der Waals surface area contributed by atoms with E-state index >= 15 is 0 Å². The van der Waals surface area contributed by atoms with Gasteiger partial charge in [-0.2, -0.15) is 0 Å². The molecule has 1 aliphatic heterocycles. The van der Waals surface area contributed by atoms with Crippen molar-refractivity contribution in [1.29, 1.82) is 0 Å². The zero-order chi connectivity index (χ0) is 9.80. The Labute approximate surface area is 82.6 Å². The molecule has 1 unspecified atom stereocenters. The van der Waals surface area contributed by atoms with Gasteiger partial charge in [-0.3, -0.25) is 0 Å². The number of rotatable bonds is 4. The van der Waals surface area contributed by atoms with Crippen LogP contribution in [0.1, 0.15) is 12.2 Å². The predicted octanol–water partition coefficient (Wildman–Crippen LogP) is -0.571. The lowest BCUT2D eigenvalue weighted by Gasteiger charge is -2.08. The van der Waals surface area contributed by atoms with Crippen molar-refractivity contribution in [3.8, 4) is 0 Å². The van der Waals surface area contributed by atoms with Gasteiger partial charge in [0.15, 0.2) is 5.82 Å². The van der Waals surface area contributed by atoms with Crippen molar-refractivity contribution < 1.29 is 4.74 Å². The van der Waals surface area contributed by atoms with E-state index in [1.807, 2.05) is 11.7 Å². The summed E-state index contributed by atoms with van der Waals surface area (Å²) < 4.78 is 7.17. The zero-order valence-corrected chi connectivity index (χ0v) is 8.31. The van der Waals surface area contributed by atoms with Gasteiger partial charge in [-0.1, -0.05) is 0 Å². The number of ether oxygens (including phenoxy) is 1. The van der Waals surface area contributed by atoms with Gasteiger partial charge in [-0.05, 0) is 23.9 Å². The average molecular weight is 197 g/mol. The van der Waals surface area contributed by atoms with E-state index < -0.39 is 0 Å². The SMILES string of the molecule is CNCc1nnnn1CC1CCOC1. The summed E-state index contributed by atoms with van der Waals surface area (Å²) in [5.41, 5.74) is 0. The molecule has 0 aliphatic carbocycles. The fraction of sp³-hybridized carbons (Fsp3) is 0.875. The summed E-state index contributed by atoms with van der Waals surface area (Å²) in [6.07, 6.45) is 1.11. The molecule has 2 rings (SSSR count). The Hall–Kier alpha value is -1.01. The van der Waals surface area contributed by atoms with Crippen LogP contribution in [0.25, 0.3) is 0 Å². The minimum atomic E-state index is 0.564. The maximum Gasteiger partial charge on any atom is 0.165 e. The van der Waals surface area contributed by atoms with Crippen LogP contribution in [-0.4, -0.2) is 40.5 Å². The van der Waals surface area contributed by atoms with Gasteiger partial charge in [0, 0.05) is 19.1 Å². The Bertz CT molecular complexity index is 281. The van der Waals surface area contributed by atoms with Crippen LogP contribution >= 0.6 is 0 Å². The number of nitrogens with zero attached hydrogens (tertiary/aromatic N) is 4. The molecule has 0 radical (unpaired) electrons. The lowest BCUT2D eigenvalue weighted by Crippen LogP contribution is -2.18. The van der Waals surface area contributed by atoms with E-state index in [-0.39, 0.29) is 0 Å². The topological polar surface area (TPSA) is 64.9 Å². The zero-order valence-electron chi connectivity index (χ0n) is 8.31. The molecule has 1 aromatic heterocycles. The quantitative estimate of drug-likeness (QED) is 0.700. The van der Waals surface area contributed by atoms with Crippen molar-refractivity contribution in [1.82, 2.24) is 25.5 Å². The molecule has 2 heterocycles. The summed E-state index contributed by atoms with van der Waals surface area (Å²) in [6, 6.07) is 0. The second-order valence-corrected chi connectivity index (χ2v) is 3.54. The molecule has 6 heteroatoms. The first kappa shape index (κ1) is 9.54. The summed E-state index contributed by atoms with van der Waals surface area (Å²) in [7, 11) is 1.89. The van der Waals surface area contributed by atoms with Crippen LogP contribution in [0.15, 0.2) is 0 Å². The number of nitrogens with one attached hydrogen (secondary N) is 1. The van der Waals surface area contributed by atoms with Crippen molar-refractivity contribution >= 4 is 0 Å². The summed E-state index contributed by atoms with van der Waals surface area (Å²) in [5.74, 6) is 1.45. The van der Waals surface area contributed by atoms with E-state index in [9.17, 15) is 0 Å². The fourth-order valence-corrected chi connectivity index (χ4v) is 1.62. The standard InChI is InChI=1S/C8H15N5O/c1-9-4-8-10-11-12-13(8)5-7-2-3-14-6-7/h7,9H,2-6H2,1H3. The molecule has 78 valence electrons. The Morgan fingerprint density at radius 3 is 3.29 bits per heavy atom. The van der Waals surface area contributed by atoms with Gasteiger partial charge in [-0.15, -0.1) is 5.10 Å². The van der Waals surface area contributed by atoms with Gasteiger partial charge in [0.05, 0.1) is 13.2 Å². The first-order valence-corrected chi connectivity index (χ1v) is 4.87. The van der Waals surface area contributed by atoms with Crippen LogP contribution in [0.4, 0.5) is 0 Å². The van der Waals surface area contributed by atoms with E-state index in [4.69, 9.17) is 4.74 Å². The summed E-state index contributed by atoms with van der Waals surface area (Å²) >= 11 is 0. The third kappa shape index (κ3) is 2.08. The largest absolute Gasteiger partial charge is 0.381 e. The Morgan fingerprint density at radius 1 is 1.64 bits per heavy atom. The van der Waals surface area contributed by atoms with Crippen LogP contribution in [-0.2, 0) is 17.8 Å². The molecule has 0 spiro atoms.